The molecule has 1 saturated carbocycles. The van der Waals surface area contributed by atoms with Gasteiger partial charge in [-0.15, -0.1) is 11.3 Å². The largest absolute Gasteiger partial charge is 0.346 e. The first kappa shape index (κ1) is 13.1. The average Bonchev–Trinajstić information content (AvgIpc) is 3.16. The molecule has 0 spiro atoms. The van der Waals surface area contributed by atoms with Gasteiger partial charge in [-0.1, -0.05) is 12.1 Å². The van der Waals surface area contributed by atoms with Crippen LogP contribution in [-0.2, 0) is 6.54 Å². The molecular formula is C14H13IN2OS. The minimum Gasteiger partial charge on any atom is -0.346 e. The highest BCUT2D eigenvalue weighted by Crippen LogP contribution is 2.41. The van der Waals surface area contributed by atoms with Crippen LogP contribution in [-0.4, -0.2) is 10.9 Å². The standard InChI is InChI=1S/C14H13IN2OS/c15-12-4-2-1-3-11(12)13(18)16-7-10-8-19-14(17-10)9-5-6-9/h1-4,8-9H,5-7H2,(H,16,18). The molecule has 1 aromatic heterocycles. The molecule has 98 valence electrons. The number of nitrogens with zero attached hydrogens (tertiary/aromatic N) is 1. The number of nitrogens with one attached hydrogen (secondary N) is 1. The van der Waals surface area contributed by atoms with E-state index in [9.17, 15) is 4.79 Å². The monoisotopic (exact) mass is 384 g/mol. The second-order valence-corrected chi connectivity index (χ2v) is 6.67. The van der Waals surface area contributed by atoms with E-state index in [-0.39, 0.29) is 5.91 Å². The van der Waals surface area contributed by atoms with Gasteiger partial charge in [-0.05, 0) is 47.6 Å². The number of halogens is 1. The highest BCUT2D eigenvalue weighted by atomic mass is 127. The normalized spacial score (nSPS) is 14.4. The topological polar surface area (TPSA) is 42.0 Å². The summed E-state index contributed by atoms with van der Waals surface area (Å²) in [6.45, 7) is 0.507. The van der Waals surface area contributed by atoms with E-state index in [1.807, 2.05) is 29.6 Å². The number of carbonyl (C=O) groups is 1. The van der Waals surface area contributed by atoms with E-state index in [0.29, 0.717) is 12.5 Å². The second-order valence-electron chi connectivity index (χ2n) is 4.61. The van der Waals surface area contributed by atoms with Crippen molar-refractivity contribution in [1.29, 1.82) is 0 Å². The van der Waals surface area contributed by atoms with Crippen LogP contribution in [0.1, 0.15) is 39.8 Å². The molecule has 1 N–H and O–H groups in total. The number of thiazole rings is 1. The Labute approximate surface area is 129 Å². The Bertz CT molecular complexity index is 607. The number of benzene rings is 1. The molecule has 0 atom stereocenters. The van der Waals surface area contributed by atoms with Crippen molar-refractivity contribution in [1.82, 2.24) is 10.3 Å². The molecule has 1 amide bonds. The maximum Gasteiger partial charge on any atom is 0.252 e. The maximum atomic E-state index is 12.1. The molecule has 0 aliphatic heterocycles. The van der Waals surface area contributed by atoms with Crippen molar-refractivity contribution in [2.45, 2.75) is 25.3 Å². The molecule has 1 aliphatic carbocycles. The fourth-order valence-corrected chi connectivity index (χ4v) is 3.46. The summed E-state index contributed by atoms with van der Waals surface area (Å²) in [5, 5.41) is 6.20. The molecule has 1 heterocycles. The van der Waals surface area contributed by atoms with Gasteiger partial charge in [0.1, 0.15) is 0 Å². The molecule has 3 rings (SSSR count). The minimum absolute atomic E-state index is 0.0361. The Morgan fingerprint density at radius 3 is 2.95 bits per heavy atom. The molecule has 0 saturated heterocycles. The van der Waals surface area contributed by atoms with E-state index in [0.717, 1.165) is 14.8 Å². The van der Waals surface area contributed by atoms with Crippen LogP contribution < -0.4 is 5.32 Å². The van der Waals surface area contributed by atoms with E-state index < -0.39 is 0 Å². The quantitative estimate of drug-likeness (QED) is 0.820. The zero-order valence-electron chi connectivity index (χ0n) is 10.2. The Kier molecular flexibility index (Phi) is 3.83. The third-order valence-electron chi connectivity index (χ3n) is 3.04. The highest BCUT2D eigenvalue weighted by Gasteiger charge is 2.26. The summed E-state index contributed by atoms with van der Waals surface area (Å²) in [6, 6.07) is 7.59. The number of amides is 1. The van der Waals surface area contributed by atoms with Gasteiger partial charge in [0, 0.05) is 14.9 Å². The number of rotatable bonds is 4. The van der Waals surface area contributed by atoms with Crippen LogP contribution in [0.3, 0.4) is 0 Å². The van der Waals surface area contributed by atoms with Crippen molar-refractivity contribution in [3.63, 3.8) is 0 Å². The van der Waals surface area contributed by atoms with Crippen molar-refractivity contribution in [2.75, 3.05) is 0 Å². The second kappa shape index (κ2) is 5.58. The van der Waals surface area contributed by atoms with Gasteiger partial charge >= 0.3 is 0 Å². The number of hydrogen-bond acceptors (Lipinski definition) is 3. The van der Waals surface area contributed by atoms with E-state index in [2.05, 4.69) is 32.9 Å². The molecule has 0 unspecified atom stereocenters. The van der Waals surface area contributed by atoms with Gasteiger partial charge in [0.2, 0.25) is 0 Å². The average molecular weight is 384 g/mol. The molecule has 1 aromatic carbocycles. The zero-order valence-corrected chi connectivity index (χ0v) is 13.2. The van der Waals surface area contributed by atoms with Crippen molar-refractivity contribution in [3.05, 3.63) is 49.5 Å². The maximum absolute atomic E-state index is 12.1. The van der Waals surface area contributed by atoms with Gasteiger partial charge < -0.3 is 5.32 Å². The number of aromatic nitrogens is 1. The SMILES string of the molecule is O=C(NCc1csc(C2CC2)n1)c1ccccc1I. The van der Waals surface area contributed by atoms with Crippen LogP contribution >= 0.6 is 33.9 Å². The van der Waals surface area contributed by atoms with Crippen LogP contribution in [0.5, 0.6) is 0 Å². The van der Waals surface area contributed by atoms with Crippen LogP contribution in [0.2, 0.25) is 0 Å². The molecule has 1 fully saturated rings. The summed E-state index contributed by atoms with van der Waals surface area (Å²) in [6.07, 6.45) is 2.53. The molecule has 3 nitrogen and oxygen atoms in total. The van der Waals surface area contributed by atoms with Crippen LogP contribution in [0.4, 0.5) is 0 Å². The Balaban J connectivity index is 1.62. The van der Waals surface area contributed by atoms with Crippen LogP contribution in [0.25, 0.3) is 0 Å². The smallest absolute Gasteiger partial charge is 0.252 e. The number of carbonyl (C=O) groups excluding carboxylic acids is 1. The minimum atomic E-state index is -0.0361. The van der Waals surface area contributed by atoms with Gasteiger partial charge in [0.05, 0.1) is 22.8 Å². The van der Waals surface area contributed by atoms with Gasteiger partial charge in [-0.3, -0.25) is 4.79 Å². The summed E-state index contributed by atoms with van der Waals surface area (Å²) >= 11 is 3.88. The van der Waals surface area contributed by atoms with Crippen LogP contribution in [0, 0.1) is 3.57 Å². The third-order valence-corrected chi connectivity index (χ3v) is 5.04. The summed E-state index contributed by atoms with van der Waals surface area (Å²) in [4.78, 5) is 16.6. The fraction of sp³-hybridized carbons (Fsp3) is 0.286. The Hall–Kier alpha value is -0.950. The van der Waals surface area contributed by atoms with Crippen molar-refractivity contribution < 1.29 is 4.79 Å². The van der Waals surface area contributed by atoms with Crippen molar-refractivity contribution >= 4 is 39.8 Å². The van der Waals surface area contributed by atoms with Crippen LogP contribution in [0.15, 0.2) is 29.6 Å². The van der Waals surface area contributed by atoms with Crippen molar-refractivity contribution in [3.8, 4) is 0 Å². The molecule has 2 aromatic rings. The first-order valence-corrected chi connectivity index (χ1v) is 8.17. The molecule has 19 heavy (non-hydrogen) atoms. The molecule has 5 heteroatoms. The molecular weight excluding hydrogens is 371 g/mol. The van der Waals surface area contributed by atoms with E-state index >= 15 is 0 Å². The Morgan fingerprint density at radius 2 is 2.21 bits per heavy atom. The summed E-state index contributed by atoms with van der Waals surface area (Å²) in [5.41, 5.74) is 1.69. The third kappa shape index (κ3) is 3.14. The van der Waals surface area contributed by atoms with Gasteiger partial charge in [-0.2, -0.15) is 0 Å². The van der Waals surface area contributed by atoms with Gasteiger partial charge in [0.15, 0.2) is 0 Å². The van der Waals surface area contributed by atoms with E-state index in [1.165, 1.54) is 17.8 Å². The lowest BCUT2D eigenvalue weighted by molar-refractivity contribution is 0.0949. The fourth-order valence-electron chi connectivity index (χ4n) is 1.83. The summed E-state index contributed by atoms with van der Waals surface area (Å²) in [5.74, 6) is 0.649. The summed E-state index contributed by atoms with van der Waals surface area (Å²) in [7, 11) is 0. The van der Waals surface area contributed by atoms with E-state index in [1.54, 1.807) is 11.3 Å². The molecule has 1 aliphatic rings. The lowest BCUT2D eigenvalue weighted by atomic mass is 10.2. The lowest BCUT2D eigenvalue weighted by Gasteiger charge is -2.05. The van der Waals surface area contributed by atoms with Crippen molar-refractivity contribution in [2.24, 2.45) is 0 Å². The molecule has 0 radical (unpaired) electrons. The van der Waals surface area contributed by atoms with E-state index in [4.69, 9.17) is 0 Å². The predicted octanol–water partition coefficient (Wildman–Crippen LogP) is 3.56. The zero-order chi connectivity index (χ0) is 13.2. The van der Waals surface area contributed by atoms with Gasteiger partial charge in [-0.25, -0.2) is 4.98 Å². The number of hydrogen-bond donors (Lipinski definition) is 1. The first-order chi connectivity index (χ1) is 9.24. The van der Waals surface area contributed by atoms with Gasteiger partial charge in [0.25, 0.3) is 5.91 Å². The molecule has 0 bridgehead atoms. The first-order valence-electron chi connectivity index (χ1n) is 6.21. The predicted molar refractivity (Wildman–Crippen MR) is 84.4 cm³/mol. The lowest BCUT2D eigenvalue weighted by Crippen LogP contribution is -2.23. The summed E-state index contributed by atoms with van der Waals surface area (Å²) < 4.78 is 0.967. The Morgan fingerprint density at radius 1 is 1.42 bits per heavy atom. The highest BCUT2D eigenvalue weighted by molar-refractivity contribution is 14.1.